The van der Waals surface area contributed by atoms with Crippen molar-refractivity contribution in [2.45, 2.75) is 103 Å². The van der Waals surface area contributed by atoms with Crippen LogP contribution in [0.15, 0.2) is 42.3 Å². The number of carbonyl (C=O) groups excluding carboxylic acids is 4. The molecule has 16 nitrogen and oxygen atoms in total. The summed E-state index contributed by atoms with van der Waals surface area (Å²) in [5.74, 6) is -1.79. The van der Waals surface area contributed by atoms with Crippen molar-refractivity contribution in [1.82, 2.24) is 25.5 Å². The van der Waals surface area contributed by atoms with E-state index in [1.165, 1.54) is 29.4 Å². The molecule has 312 valence electrons. The summed E-state index contributed by atoms with van der Waals surface area (Å²) in [5.41, 5.74) is -0.971. The van der Waals surface area contributed by atoms with Gasteiger partial charge in [-0.05, 0) is 55.6 Å². The Morgan fingerprint density at radius 1 is 1.07 bits per heavy atom. The smallest absolute Gasteiger partial charge is 0.413 e. The van der Waals surface area contributed by atoms with Gasteiger partial charge in [-0.2, -0.15) is 0 Å². The second-order valence-electron chi connectivity index (χ2n) is 16.6. The minimum Gasteiger partial charge on any atom is -0.497 e. The second-order valence-corrected chi connectivity index (χ2v) is 17.5. The Bertz CT molecular complexity index is 2060. The molecule has 0 bridgehead atoms. The molecule has 6 rings (SSSR count). The molecule has 2 saturated carbocycles. The summed E-state index contributed by atoms with van der Waals surface area (Å²) in [6, 6.07) is 4.74. The van der Waals surface area contributed by atoms with Crippen LogP contribution in [0.2, 0.25) is 0 Å². The van der Waals surface area contributed by atoms with E-state index < -0.39 is 65.0 Å². The highest BCUT2D eigenvalue weighted by atomic mass is 32.1. The Balaban J connectivity index is 1.30. The van der Waals surface area contributed by atoms with Gasteiger partial charge >= 0.3 is 18.2 Å². The topological polar surface area (TPSA) is 208 Å². The fourth-order valence-electron chi connectivity index (χ4n) is 7.34. The normalized spacial score (nSPS) is 22.3. The minimum atomic E-state index is -1.54. The minimum absolute atomic E-state index is 0.00791. The van der Waals surface area contributed by atoms with Crippen molar-refractivity contribution in [2.75, 3.05) is 25.6 Å². The van der Waals surface area contributed by atoms with Crippen LogP contribution in [0, 0.1) is 17.3 Å². The van der Waals surface area contributed by atoms with Crippen LogP contribution in [0.4, 0.5) is 14.7 Å². The van der Waals surface area contributed by atoms with Crippen LogP contribution in [-0.2, 0) is 23.9 Å². The highest BCUT2D eigenvalue weighted by Crippen LogP contribution is 2.45. The number of fused-ring (bicyclic) bond motifs is 1. The molecule has 3 heterocycles. The van der Waals surface area contributed by atoms with Crippen molar-refractivity contribution in [3.8, 4) is 22.9 Å². The van der Waals surface area contributed by atoms with Gasteiger partial charge in [0.25, 0.3) is 0 Å². The number of rotatable bonds is 14. The maximum atomic E-state index is 14.6. The summed E-state index contributed by atoms with van der Waals surface area (Å²) >= 11 is 1.19. The van der Waals surface area contributed by atoms with Crippen molar-refractivity contribution in [3.05, 3.63) is 42.3 Å². The molecule has 2 aromatic heterocycles. The number of thiazole rings is 1. The number of aliphatic carboxylic acids is 1. The zero-order valence-electron chi connectivity index (χ0n) is 33.7. The van der Waals surface area contributed by atoms with Gasteiger partial charge in [0.1, 0.15) is 47.0 Å². The molecule has 58 heavy (non-hydrogen) atoms. The lowest BCUT2D eigenvalue weighted by Crippen LogP contribution is -2.59. The number of likely N-dealkylation sites (tertiary alicyclic amines) is 1. The van der Waals surface area contributed by atoms with Crippen LogP contribution in [0.1, 0.15) is 73.1 Å². The lowest BCUT2D eigenvalue weighted by Gasteiger charge is -2.35. The van der Waals surface area contributed by atoms with Gasteiger partial charge in [0.15, 0.2) is 5.13 Å². The van der Waals surface area contributed by atoms with E-state index in [0.29, 0.717) is 38.9 Å². The van der Waals surface area contributed by atoms with Crippen LogP contribution in [0.25, 0.3) is 22.3 Å². The number of carboxylic acid groups (broad SMARTS) is 1. The van der Waals surface area contributed by atoms with Gasteiger partial charge in [-0.25, -0.2) is 24.4 Å². The summed E-state index contributed by atoms with van der Waals surface area (Å²) in [4.78, 5) is 77.3. The van der Waals surface area contributed by atoms with Crippen LogP contribution < -0.4 is 25.4 Å². The molecule has 3 aromatic rings. The fraction of sp³-hybridized carbons (Fsp3) is 0.537. The van der Waals surface area contributed by atoms with Gasteiger partial charge in [-0.15, -0.1) is 17.9 Å². The molecule has 2 aliphatic carbocycles. The maximum absolute atomic E-state index is 14.6. The molecule has 0 radical (unpaired) electrons. The molecule has 3 aliphatic rings. The van der Waals surface area contributed by atoms with E-state index in [1.807, 2.05) is 13.8 Å². The number of benzene rings is 1. The highest BCUT2D eigenvalue weighted by Gasteiger charge is 2.61. The van der Waals surface area contributed by atoms with Gasteiger partial charge in [0.05, 0.1) is 31.5 Å². The number of pyridine rings is 1. The van der Waals surface area contributed by atoms with E-state index >= 15 is 0 Å². The number of alkyl carbamates (subject to hydrolysis) is 1. The van der Waals surface area contributed by atoms with Crippen LogP contribution in [0.5, 0.6) is 11.5 Å². The van der Waals surface area contributed by atoms with E-state index in [9.17, 15) is 29.1 Å². The third-order valence-electron chi connectivity index (χ3n) is 10.6. The Hall–Kier alpha value is -5.45. The molecule has 1 saturated heterocycles. The number of methoxy groups -OCH3 is 1. The fourth-order valence-corrected chi connectivity index (χ4v) is 8.03. The Morgan fingerprint density at radius 2 is 1.81 bits per heavy atom. The number of amides is 4. The molecule has 0 unspecified atom stereocenters. The average molecular weight is 821 g/mol. The third-order valence-corrected chi connectivity index (χ3v) is 11.4. The number of carbonyl (C=O) groups is 5. The Labute approximate surface area is 341 Å². The molecule has 1 aliphatic heterocycles. The molecular formula is C41H52N6O10S. The van der Waals surface area contributed by atoms with Crippen molar-refractivity contribution >= 4 is 57.3 Å². The SMILES string of the molecule is C=C[C@@H]1C[C@]1(NC(=O)[C@@H]1C[C@@H](Oc2cc(-c3csc(NC(=O)OCC(C)C)n3)nc3cc(OC)ccc23)CN1C(=O)[C@@H](NC(=O)OC1CCCC1)C(C)(C)C)C(=O)O. The number of nitrogens with one attached hydrogen (secondary N) is 3. The molecule has 1 aromatic carbocycles. The van der Waals surface area contributed by atoms with Crippen molar-refractivity contribution in [1.29, 1.82) is 0 Å². The lowest BCUT2D eigenvalue weighted by molar-refractivity contribution is -0.146. The van der Waals surface area contributed by atoms with Gasteiger partial charge in [0.2, 0.25) is 11.8 Å². The van der Waals surface area contributed by atoms with Crippen LogP contribution >= 0.6 is 11.3 Å². The number of hydrogen-bond acceptors (Lipinski definition) is 12. The first kappa shape index (κ1) is 42.2. The van der Waals surface area contributed by atoms with Gasteiger partial charge in [-0.3, -0.25) is 14.9 Å². The number of hydrogen-bond donors (Lipinski definition) is 4. The molecule has 4 amide bonds. The predicted octanol–water partition coefficient (Wildman–Crippen LogP) is 6.15. The highest BCUT2D eigenvalue weighted by molar-refractivity contribution is 7.14. The summed E-state index contributed by atoms with van der Waals surface area (Å²) in [5, 5.41) is 20.9. The zero-order valence-corrected chi connectivity index (χ0v) is 34.5. The number of nitrogens with zero attached hydrogens (tertiary/aromatic N) is 3. The summed E-state index contributed by atoms with van der Waals surface area (Å²) < 4.78 is 23.0. The third kappa shape index (κ3) is 9.46. The summed E-state index contributed by atoms with van der Waals surface area (Å²) in [7, 11) is 1.54. The molecule has 0 spiro atoms. The average Bonchev–Trinajstić information content (AvgIpc) is 3.58. The lowest BCUT2D eigenvalue weighted by atomic mass is 9.85. The second kappa shape index (κ2) is 17.2. The first-order valence-corrected chi connectivity index (χ1v) is 20.4. The maximum Gasteiger partial charge on any atom is 0.413 e. The van der Waals surface area contributed by atoms with E-state index in [2.05, 4.69) is 27.5 Å². The van der Waals surface area contributed by atoms with E-state index in [0.717, 1.165) is 25.7 Å². The molecule has 3 fully saturated rings. The number of carboxylic acids is 1. The van der Waals surface area contributed by atoms with E-state index in [-0.39, 0.29) is 38.0 Å². The van der Waals surface area contributed by atoms with Crippen molar-refractivity contribution in [2.24, 2.45) is 17.3 Å². The molecule has 4 N–H and O–H groups in total. The standard InChI is InChI=1S/C41H52N6O10S/c1-8-23-18-41(23,36(50)51)46-34(48)31-16-26(19-47(31)35(49)33(40(4,5)6)44-39(53)57-24-11-9-10-12-24)56-32-17-29(42-28-15-25(54-7)13-14-27(28)32)30-21-58-37(43-30)45-38(52)55-20-22(2)3/h8,13-15,17,21-24,26,31,33H,1,9-12,16,18-20H2,2-7H3,(H,44,53)(H,46,48)(H,50,51)(H,43,45,52)/t23-,26-,31+,33-,41-/m1/s1. The Kier molecular flexibility index (Phi) is 12.5. The Morgan fingerprint density at radius 3 is 2.45 bits per heavy atom. The van der Waals surface area contributed by atoms with Gasteiger partial charge in [0, 0.05) is 35.2 Å². The van der Waals surface area contributed by atoms with Crippen molar-refractivity contribution in [3.63, 3.8) is 0 Å². The largest absolute Gasteiger partial charge is 0.497 e. The van der Waals surface area contributed by atoms with Crippen LogP contribution in [0.3, 0.4) is 0 Å². The number of ether oxygens (including phenoxy) is 4. The zero-order chi connectivity index (χ0) is 41.9. The first-order valence-electron chi connectivity index (χ1n) is 19.5. The van der Waals surface area contributed by atoms with Gasteiger partial charge in [-0.1, -0.05) is 40.7 Å². The summed E-state index contributed by atoms with van der Waals surface area (Å²) in [6.07, 6.45) is 2.73. The van der Waals surface area contributed by atoms with Crippen molar-refractivity contribution < 1.29 is 48.0 Å². The number of anilines is 1. The molecular weight excluding hydrogens is 769 g/mol. The van der Waals surface area contributed by atoms with E-state index in [1.54, 1.807) is 50.4 Å². The van der Waals surface area contributed by atoms with E-state index in [4.69, 9.17) is 23.9 Å². The van der Waals surface area contributed by atoms with Crippen LogP contribution in [-0.4, -0.2) is 100 Å². The number of aromatic nitrogens is 2. The first-order chi connectivity index (χ1) is 27.5. The molecule has 17 heteroatoms. The molecule has 5 atom stereocenters. The predicted molar refractivity (Wildman–Crippen MR) is 216 cm³/mol. The monoisotopic (exact) mass is 820 g/mol. The van der Waals surface area contributed by atoms with Gasteiger partial charge < -0.3 is 39.6 Å². The summed E-state index contributed by atoms with van der Waals surface area (Å²) in [6.45, 7) is 13.2. The quantitative estimate of drug-likeness (QED) is 0.135.